The molecule has 3 nitrogen and oxygen atoms in total. The van der Waals surface area contributed by atoms with Gasteiger partial charge in [0, 0.05) is 18.1 Å². The average molecular weight is 483 g/mol. The summed E-state index contributed by atoms with van der Waals surface area (Å²) in [6.07, 6.45) is 0.912. The molecule has 0 N–H and O–H groups in total. The third-order valence-electron chi connectivity index (χ3n) is 2.81. The molecular formula is C17H24BrIO3. The Hall–Kier alpha value is -0.430. The standard InChI is InChI=1S/C17H24BrIO3/c1-10(2)21-15-8-14(18)16(22-11(3)4)13(17(15)20-6)7-12(5)9-19/h8-11H,7H2,1-6H3/b12-9+. The molecule has 0 aliphatic rings. The van der Waals surface area contributed by atoms with Gasteiger partial charge in [0.05, 0.1) is 23.8 Å². The third-order valence-corrected chi connectivity index (χ3v) is 4.46. The summed E-state index contributed by atoms with van der Waals surface area (Å²) in [6, 6.07) is 1.92. The van der Waals surface area contributed by atoms with Gasteiger partial charge in [-0.2, -0.15) is 0 Å². The first kappa shape index (κ1) is 19.6. The van der Waals surface area contributed by atoms with Gasteiger partial charge in [-0.05, 0) is 54.6 Å². The van der Waals surface area contributed by atoms with Gasteiger partial charge < -0.3 is 14.2 Å². The van der Waals surface area contributed by atoms with Crippen molar-refractivity contribution in [2.75, 3.05) is 7.11 Å². The molecule has 0 unspecified atom stereocenters. The van der Waals surface area contributed by atoms with E-state index in [4.69, 9.17) is 14.2 Å². The maximum absolute atomic E-state index is 6.01. The SMILES string of the molecule is COc1c(OC(C)C)cc(Br)c(OC(C)C)c1C/C(C)=C/I. The lowest BCUT2D eigenvalue weighted by molar-refractivity contribution is 0.221. The minimum absolute atomic E-state index is 0.0757. The summed E-state index contributed by atoms with van der Waals surface area (Å²) >= 11 is 5.86. The highest BCUT2D eigenvalue weighted by atomic mass is 127. The Balaban J connectivity index is 3.49. The van der Waals surface area contributed by atoms with Crippen molar-refractivity contribution in [2.24, 2.45) is 0 Å². The van der Waals surface area contributed by atoms with Crippen LogP contribution in [-0.4, -0.2) is 19.3 Å². The zero-order valence-electron chi connectivity index (χ0n) is 14.0. The van der Waals surface area contributed by atoms with E-state index in [-0.39, 0.29) is 12.2 Å². The summed E-state index contributed by atoms with van der Waals surface area (Å²) in [5.74, 6) is 2.29. The summed E-state index contributed by atoms with van der Waals surface area (Å²) in [7, 11) is 1.67. The van der Waals surface area contributed by atoms with Crippen molar-refractivity contribution in [3.8, 4) is 17.2 Å². The lowest BCUT2D eigenvalue weighted by atomic mass is 10.0. The molecule has 0 saturated heterocycles. The molecule has 0 heterocycles. The molecule has 22 heavy (non-hydrogen) atoms. The largest absolute Gasteiger partial charge is 0.492 e. The van der Waals surface area contributed by atoms with Gasteiger partial charge >= 0.3 is 0 Å². The molecule has 0 aromatic heterocycles. The van der Waals surface area contributed by atoms with Crippen LogP contribution in [0.1, 0.15) is 40.2 Å². The average Bonchev–Trinajstić information content (AvgIpc) is 2.42. The Morgan fingerprint density at radius 1 is 1.18 bits per heavy atom. The highest BCUT2D eigenvalue weighted by Crippen LogP contribution is 2.44. The summed E-state index contributed by atoms with van der Waals surface area (Å²) in [4.78, 5) is 0. The normalized spacial score (nSPS) is 12.0. The summed E-state index contributed by atoms with van der Waals surface area (Å²) in [6.45, 7) is 10.1. The maximum atomic E-state index is 6.01. The molecule has 0 bridgehead atoms. The van der Waals surface area contributed by atoms with E-state index in [1.54, 1.807) is 7.11 Å². The fraction of sp³-hybridized carbons (Fsp3) is 0.529. The fourth-order valence-corrected chi connectivity index (χ4v) is 2.81. The first-order chi connectivity index (χ1) is 10.3. The molecule has 0 spiro atoms. The van der Waals surface area contributed by atoms with Crippen LogP contribution >= 0.6 is 38.5 Å². The zero-order chi connectivity index (χ0) is 16.9. The third kappa shape index (κ3) is 5.33. The molecule has 124 valence electrons. The number of methoxy groups -OCH3 is 1. The van der Waals surface area contributed by atoms with Crippen LogP contribution in [0.15, 0.2) is 20.2 Å². The Morgan fingerprint density at radius 2 is 1.77 bits per heavy atom. The van der Waals surface area contributed by atoms with Crippen molar-refractivity contribution < 1.29 is 14.2 Å². The Bertz CT molecular complexity index is 539. The van der Waals surface area contributed by atoms with E-state index in [9.17, 15) is 0 Å². The molecule has 0 saturated carbocycles. The van der Waals surface area contributed by atoms with Gasteiger partial charge in [0.1, 0.15) is 5.75 Å². The predicted molar refractivity (Wildman–Crippen MR) is 104 cm³/mol. The van der Waals surface area contributed by atoms with E-state index >= 15 is 0 Å². The zero-order valence-corrected chi connectivity index (χ0v) is 17.7. The van der Waals surface area contributed by atoms with Crippen molar-refractivity contribution in [3.63, 3.8) is 0 Å². The Morgan fingerprint density at radius 3 is 2.23 bits per heavy atom. The molecule has 0 aliphatic heterocycles. The lowest BCUT2D eigenvalue weighted by Gasteiger charge is -2.22. The minimum Gasteiger partial charge on any atom is -0.492 e. The number of allylic oxidation sites excluding steroid dienone is 1. The van der Waals surface area contributed by atoms with E-state index in [0.29, 0.717) is 0 Å². The molecule has 1 aromatic carbocycles. The van der Waals surface area contributed by atoms with Crippen LogP contribution in [0.4, 0.5) is 0 Å². The van der Waals surface area contributed by atoms with Crippen molar-refractivity contribution >= 4 is 38.5 Å². The van der Waals surface area contributed by atoms with Crippen LogP contribution in [0.25, 0.3) is 0 Å². The molecule has 0 aliphatic carbocycles. The molecule has 1 rings (SSSR count). The van der Waals surface area contributed by atoms with E-state index in [1.807, 2.05) is 33.8 Å². The topological polar surface area (TPSA) is 27.7 Å². The van der Waals surface area contributed by atoms with Gasteiger partial charge in [-0.25, -0.2) is 0 Å². The maximum Gasteiger partial charge on any atom is 0.168 e. The van der Waals surface area contributed by atoms with Gasteiger partial charge in [0.2, 0.25) is 0 Å². The van der Waals surface area contributed by atoms with Gasteiger partial charge in [0.15, 0.2) is 11.5 Å². The van der Waals surface area contributed by atoms with Crippen molar-refractivity contribution in [1.29, 1.82) is 0 Å². The van der Waals surface area contributed by atoms with Crippen molar-refractivity contribution in [3.05, 3.63) is 25.8 Å². The molecular weight excluding hydrogens is 459 g/mol. The predicted octanol–water partition coefficient (Wildman–Crippen LogP) is 5.91. The van der Waals surface area contributed by atoms with Gasteiger partial charge in [0.25, 0.3) is 0 Å². The second-order valence-corrected chi connectivity index (χ2v) is 7.14. The first-order valence-corrected chi connectivity index (χ1v) is 9.32. The summed E-state index contributed by atoms with van der Waals surface area (Å²) < 4.78 is 20.5. The van der Waals surface area contributed by atoms with Gasteiger partial charge in [-0.1, -0.05) is 28.2 Å². The lowest BCUT2D eigenvalue weighted by Crippen LogP contribution is -2.12. The molecule has 0 radical (unpaired) electrons. The van der Waals surface area contributed by atoms with Gasteiger partial charge in [-0.15, -0.1) is 0 Å². The van der Waals surface area contributed by atoms with E-state index < -0.39 is 0 Å². The second kappa shape index (κ2) is 9.01. The smallest absolute Gasteiger partial charge is 0.168 e. The van der Waals surface area contributed by atoms with E-state index in [0.717, 1.165) is 33.7 Å². The number of hydrogen-bond acceptors (Lipinski definition) is 3. The van der Waals surface area contributed by atoms with Crippen LogP contribution in [0.5, 0.6) is 17.2 Å². The number of rotatable bonds is 7. The Kier molecular flexibility index (Phi) is 8.03. The van der Waals surface area contributed by atoms with Gasteiger partial charge in [-0.3, -0.25) is 0 Å². The van der Waals surface area contributed by atoms with Crippen LogP contribution < -0.4 is 14.2 Å². The van der Waals surface area contributed by atoms with E-state index in [1.165, 1.54) is 5.57 Å². The van der Waals surface area contributed by atoms with Crippen LogP contribution in [0.2, 0.25) is 0 Å². The molecule has 5 heteroatoms. The van der Waals surface area contributed by atoms with Crippen molar-refractivity contribution in [2.45, 2.75) is 53.2 Å². The molecule has 0 amide bonds. The molecule has 1 aromatic rings. The number of hydrogen-bond donors (Lipinski definition) is 0. The molecule has 0 fully saturated rings. The molecule has 0 atom stereocenters. The summed E-state index contributed by atoms with van der Waals surface area (Å²) in [5, 5.41) is 0. The second-order valence-electron chi connectivity index (χ2n) is 5.66. The highest BCUT2D eigenvalue weighted by Gasteiger charge is 2.22. The number of ether oxygens (including phenoxy) is 3. The van der Waals surface area contributed by atoms with Crippen LogP contribution in [-0.2, 0) is 6.42 Å². The summed E-state index contributed by atoms with van der Waals surface area (Å²) in [5.41, 5.74) is 2.24. The Labute approximate surface area is 155 Å². The van der Waals surface area contributed by atoms with E-state index in [2.05, 4.69) is 49.5 Å². The van der Waals surface area contributed by atoms with Crippen molar-refractivity contribution in [1.82, 2.24) is 0 Å². The number of benzene rings is 1. The van der Waals surface area contributed by atoms with Crippen LogP contribution in [0.3, 0.4) is 0 Å². The monoisotopic (exact) mass is 482 g/mol. The number of halogens is 2. The van der Waals surface area contributed by atoms with Crippen LogP contribution in [0, 0.1) is 0 Å². The minimum atomic E-state index is 0.0757. The highest BCUT2D eigenvalue weighted by molar-refractivity contribution is 14.1. The fourth-order valence-electron chi connectivity index (χ4n) is 2.05. The quantitative estimate of drug-likeness (QED) is 0.452. The first-order valence-electron chi connectivity index (χ1n) is 7.28.